The van der Waals surface area contributed by atoms with Crippen molar-refractivity contribution in [2.75, 3.05) is 0 Å². The van der Waals surface area contributed by atoms with E-state index in [-0.39, 0.29) is 0 Å². The summed E-state index contributed by atoms with van der Waals surface area (Å²) in [5.41, 5.74) is -0.897. The summed E-state index contributed by atoms with van der Waals surface area (Å²) in [6, 6.07) is 14.4. The van der Waals surface area contributed by atoms with Gasteiger partial charge in [-0.1, -0.05) is 30.3 Å². The Balaban J connectivity index is 2.10. The minimum absolute atomic E-state index is 0.670. The predicted octanol–water partition coefficient (Wildman–Crippen LogP) is 5.16. The number of thiophene rings is 2. The zero-order chi connectivity index (χ0) is 14.0. The molecule has 0 radical (unpaired) electrons. The summed E-state index contributed by atoms with van der Waals surface area (Å²) in [6.07, 6.45) is 3.33. The van der Waals surface area contributed by atoms with Gasteiger partial charge in [0.15, 0.2) is 0 Å². The van der Waals surface area contributed by atoms with Gasteiger partial charge in [0.2, 0.25) is 0 Å². The molecule has 2 heterocycles. The molecular formula is C17H16OS2. The zero-order valence-electron chi connectivity index (χ0n) is 11.1. The minimum Gasteiger partial charge on any atom is -0.379 e. The maximum atomic E-state index is 11.2. The summed E-state index contributed by atoms with van der Waals surface area (Å²) in [7, 11) is 0. The lowest BCUT2D eigenvalue weighted by Gasteiger charge is -2.25. The summed E-state index contributed by atoms with van der Waals surface area (Å²) >= 11 is 3.28. The van der Waals surface area contributed by atoms with Crippen molar-refractivity contribution in [2.45, 2.75) is 18.4 Å². The van der Waals surface area contributed by atoms with Crippen molar-refractivity contribution < 1.29 is 5.11 Å². The number of benzene rings is 1. The second kappa shape index (κ2) is 5.52. The highest BCUT2D eigenvalue weighted by Gasteiger charge is 2.33. The van der Waals surface area contributed by atoms with Gasteiger partial charge < -0.3 is 5.11 Å². The first-order valence-electron chi connectivity index (χ1n) is 6.60. The largest absolute Gasteiger partial charge is 0.379 e. The normalized spacial score (nSPS) is 14.2. The fraction of sp³-hybridized carbons (Fsp3) is 0.176. The van der Waals surface area contributed by atoms with Gasteiger partial charge in [-0.25, -0.2) is 0 Å². The molecule has 1 aromatic carbocycles. The van der Waals surface area contributed by atoms with Crippen LogP contribution in [-0.4, -0.2) is 5.11 Å². The molecule has 0 saturated carbocycles. The number of hydrogen-bond donors (Lipinski definition) is 1. The van der Waals surface area contributed by atoms with E-state index in [1.54, 1.807) is 22.7 Å². The SMILES string of the molecule is C=CCCC(O)(c1cccs1)c1cc2ccccc2s1. The summed E-state index contributed by atoms with van der Waals surface area (Å²) in [6.45, 7) is 3.78. The van der Waals surface area contributed by atoms with Crippen molar-refractivity contribution in [3.05, 3.63) is 70.3 Å². The lowest BCUT2D eigenvalue weighted by molar-refractivity contribution is 0.0799. The Labute approximate surface area is 126 Å². The van der Waals surface area contributed by atoms with Gasteiger partial charge in [-0.2, -0.15) is 0 Å². The van der Waals surface area contributed by atoms with E-state index in [1.165, 1.54) is 10.1 Å². The third-order valence-electron chi connectivity index (χ3n) is 3.47. The number of allylic oxidation sites excluding steroid dienone is 1. The van der Waals surface area contributed by atoms with Crippen molar-refractivity contribution in [3.63, 3.8) is 0 Å². The molecule has 0 aliphatic rings. The molecule has 3 heteroatoms. The summed E-state index contributed by atoms with van der Waals surface area (Å²) < 4.78 is 1.22. The highest BCUT2D eigenvalue weighted by atomic mass is 32.1. The third-order valence-corrected chi connectivity index (χ3v) is 5.76. The van der Waals surface area contributed by atoms with Crippen LogP contribution < -0.4 is 0 Å². The van der Waals surface area contributed by atoms with Crippen LogP contribution in [0.25, 0.3) is 10.1 Å². The molecule has 3 aromatic rings. The molecule has 0 bridgehead atoms. The van der Waals surface area contributed by atoms with E-state index in [1.807, 2.05) is 35.7 Å². The van der Waals surface area contributed by atoms with E-state index in [0.717, 1.165) is 16.2 Å². The number of hydrogen-bond acceptors (Lipinski definition) is 3. The van der Waals surface area contributed by atoms with Crippen LogP contribution in [0, 0.1) is 0 Å². The Kier molecular flexibility index (Phi) is 3.74. The molecule has 1 nitrogen and oxygen atoms in total. The van der Waals surface area contributed by atoms with Crippen molar-refractivity contribution in [1.29, 1.82) is 0 Å². The lowest BCUT2D eigenvalue weighted by atomic mass is 9.93. The van der Waals surface area contributed by atoms with Gasteiger partial charge in [0.1, 0.15) is 5.60 Å². The van der Waals surface area contributed by atoms with Crippen LogP contribution in [0.2, 0.25) is 0 Å². The van der Waals surface area contributed by atoms with Gasteiger partial charge in [-0.05, 0) is 41.8 Å². The number of aliphatic hydroxyl groups is 1. The third kappa shape index (κ3) is 2.33. The van der Waals surface area contributed by atoms with Crippen LogP contribution in [0.5, 0.6) is 0 Å². The Bertz CT molecular complexity index is 679. The van der Waals surface area contributed by atoms with Gasteiger partial charge in [-0.15, -0.1) is 29.3 Å². The molecular weight excluding hydrogens is 284 g/mol. The zero-order valence-corrected chi connectivity index (χ0v) is 12.7. The molecule has 0 saturated heterocycles. The fourth-order valence-electron chi connectivity index (χ4n) is 2.38. The second-order valence-electron chi connectivity index (χ2n) is 4.81. The molecule has 2 aromatic heterocycles. The Morgan fingerprint density at radius 3 is 2.70 bits per heavy atom. The highest BCUT2D eigenvalue weighted by Crippen LogP contribution is 2.42. The Morgan fingerprint density at radius 1 is 1.15 bits per heavy atom. The Morgan fingerprint density at radius 2 is 2.00 bits per heavy atom. The maximum absolute atomic E-state index is 11.2. The Hall–Kier alpha value is -1.42. The van der Waals surface area contributed by atoms with E-state index in [0.29, 0.717) is 6.42 Å². The summed E-state index contributed by atoms with van der Waals surface area (Å²) in [4.78, 5) is 2.02. The van der Waals surface area contributed by atoms with Crippen LogP contribution >= 0.6 is 22.7 Å². The highest BCUT2D eigenvalue weighted by molar-refractivity contribution is 7.19. The van der Waals surface area contributed by atoms with Crippen LogP contribution in [0.1, 0.15) is 22.6 Å². The van der Waals surface area contributed by atoms with Gasteiger partial charge >= 0.3 is 0 Å². The first kappa shape index (κ1) is 13.6. The molecule has 0 amide bonds. The first-order chi connectivity index (χ1) is 9.74. The molecule has 0 aliphatic carbocycles. The molecule has 102 valence electrons. The van der Waals surface area contributed by atoms with Crippen molar-refractivity contribution in [1.82, 2.24) is 0 Å². The maximum Gasteiger partial charge on any atom is 0.133 e. The van der Waals surface area contributed by atoms with E-state index < -0.39 is 5.60 Å². The second-order valence-corrected chi connectivity index (χ2v) is 6.84. The molecule has 1 N–H and O–H groups in total. The molecule has 1 atom stereocenters. The standard InChI is InChI=1S/C17H16OS2/c1-2-3-10-17(18,15-9-6-11-19-15)16-12-13-7-4-5-8-14(13)20-16/h2,4-9,11-12,18H,1,3,10H2. The molecule has 1 unspecified atom stereocenters. The first-order valence-corrected chi connectivity index (χ1v) is 8.30. The van der Waals surface area contributed by atoms with Crippen LogP contribution in [0.4, 0.5) is 0 Å². The van der Waals surface area contributed by atoms with Crippen molar-refractivity contribution in [2.24, 2.45) is 0 Å². The summed E-state index contributed by atoms with van der Waals surface area (Å²) in [5.74, 6) is 0. The van der Waals surface area contributed by atoms with Gasteiger partial charge in [-0.3, -0.25) is 0 Å². The van der Waals surface area contributed by atoms with Crippen LogP contribution in [0.15, 0.2) is 60.5 Å². The van der Waals surface area contributed by atoms with Gasteiger partial charge in [0.05, 0.1) is 0 Å². The fourth-order valence-corrected chi connectivity index (χ4v) is 4.51. The smallest absolute Gasteiger partial charge is 0.133 e. The van der Waals surface area contributed by atoms with Gasteiger partial charge in [0, 0.05) is 14.5 Å². The number of rotatable bonds is 5. The van der Waals surface area contributed by atoms with E-state index in [2.05, 4.69) is 24.8 Å². The molecule has 0 aliphatic heterocycles. The average Bonchev–Trinajstić information content (AvgIpc) is 3.13. The number of fused-ring (bicyclic) bond motifs is 1. The van der Waals surface area contributed by atoms with Crippen LogP contribution in [-0.2, 0) is 5.60 Å². The van der Waals surface area contributed by atoms with E-state index in [4.69, 9.17) is 0 Å². The van der Waals surface area contributed by atoms with E-state index in [9.17, 15) is 5.11 Å². The summed E-state index contributed by atoms with van der Waals surface area (Å²) in [5, 5.41) is 14.5. The minimum atomic E-state index is -0.897. The molecule has 3 rings (SSSR count). The van der Waals surface area contributed by atoms with E-state index >= 15 is 0 Å². The topological polar surface area (TPSA) is 20.2 Å². The van der Waals surface area contributed by atoms with Crippen molar-refractivity contribution in [3.8, 4) is 0 Å². The lowest BCUT2D eigenvalue weighted by Crippen LogP contribution is -2.24. The average molecular weight is 300 g/mol. The monoisotopic (exact) mass is 300 g/mol. The van der Waals surface area contributed by atoms with Gasteiger partial charge in [0.25, 0.3) is 0 Å². The van der Waals surface area contributed by atoms with Crippen LogP contribution in [0.3, 0.4) is 0 Å². The quantitative estimate of drug-likeness (QED) is 0.645. The predicted molar refractivity (Wildman–Crippen MR) is 88.6 cm³/mol. The van der Waals surface area contributed by atoms with Crippen molar-refractivity contribution >= 4 is 32.8 Å². The molecule has 0 spiro atoms. The molecule has 20 heavy (non-hydrogen) atoms. The molecule has 0 fully saturated rings.